The maximum atomic E-state index is 13.8. The normalized spacial score (nSPS) is 14.2. The summed E-state index contributed by atoms with van der Waals surface area (Å²) in [4.78, 5) is 3.96. The van der Waals surface area contributed by atoms with Gasteiger partial charge in [0.15, 0.2) is 0 Å². The summed E-state index contributed by atoms with van der Waals surface area (Å²) >= 11 is 5.73. The fourth-order valence-corrected chi connectivity index (χ4v) is 2.07. The van der Waals surface area contributed by atoms with E-state index in [2.05, 4.69) is 4.98 Å². The summed E-state index contributed by atoms with van der Waals surface area (Å²) in [7, 11) is 0. The third-order valence-electron chi connectivity index (χ3n) is 3.09. The Kier molecular flexibility index (Phi) is 3.94. The largest absolute Gasteiger partial charge is 0.323 e. The molecule has 0 fully saturated rings. The van der Waals surface area contributed by atoms with E-state index in [0.29, 0.717) is 10.6 Å². The molecule has 94 valence electrons. The smallest absolute Gasteiger partial charge is 0.129 e. The van der Waals surface area contributed by atoms with Gasteiger partial charge in [0.1, 0.15) is 5.82 Å². The molecular formula is C14H14ClFN2. The molecular weight excluding hydrogens is 251 g/mol. The highest BCUT2D eigenvalue weighted by atomic mass is 35.5. The van der Waals surface area contributed by atoms with Crippen LogP contribution in [0.5, 0.6) is 0 Å². The first-order valence-electron chi connectivity index (χ1n) is 5.70. The van der Waals surface area contributed by atoms with E-state index in [4.69, 9.17) is 17.3 Å². The minimum Gasteiger partial charge on any atom is -0.323 e. The first kappa shape index (κ1) is 13.0. The molecule has 0 amide bonds. The maximum Gasteiger partial charge on any atom is 0.129 e. The fourth-order valence-electron chi connectivity index (χ4n) is 1.92. The number of nitrogens with two attached hydrogens (primary N) is 1. The maximum absolute atomic E-state index is 13.8. The molecule has 0 spiro atoms. The molecule has 2 nitrogen and oxygen atoms in total. The van der Waals surface area contributed by atoms with Gasteiger partial charge >= 0.3 is 0 Å². The van der Waals surface area contributed by atoms with Gasteiger partial charge in [-0.05, 0) is 29.8 Å². The highest BCUT2D eigenvalue weighted by molar-refractivity contribution is 6.30. The Bertz CT molecular complexity index is 531. The van der Waals surface area contributed by atoms with Gasteiger partial charge in [-0.3, -0.25) is 4.98 Å². The zero-order valence-corrected chi connectivity index (χ0v) is 10.7. The minimum absolute atomic E-state index is 0.00340. The Hall–Kier alpha value is -1.45. The summed E-state index contributed by atoms with van der Waals surface area (Å²) < 4.78 is 13.8. The van der Waals surface area contributed by atoms with E-state index in [1.165, 1.54) is 6.07 Å². The highest BCUT2D eigenvalue weighted by Crippen LogP contribution is 2.30. The molecule has 2 atom stereocenters. The number of aromatic nitrogens is 1. The summed E-state index contributed by atoms with van der Waals surface area (Å²) in [6.45, 7) is 1.97. The van der Waals surface area contributed by atoms with Crippen molar-refractivity contribution in [2.75, 3.05) is 0 Å². The third-order valence-corrected chi connectivity index (χ3v) is 3.33. The number of nitrogens with zero attached hydrogens (tertiary/aromatic N) is 1. The fraction of sp³-hybridized carbons (Fsp3) is 0.214. The Labute approximate surface area is 111 Å². The number of hydrogen-bond donors (Lipinski definition) is 1. The van der Waals surface area contributed by atoms with Gasteiger partial charge in [-0.25, -0.2) is 4.39 Å². The van der Waals surface area contributed by atoms with E-state index in [-0.39, 0.29) is 11.7 Å². The Morgan fingerprint density at radius 2 is 1.89 bits per heavy atom. The number of pyridine rings is 1. The number of benzene rings is 1. The summed E-state index contributed by atoms with van der Waals surface area (Å²) in [5.74, 6) is -0.361. The van der Waals surface area contributed by atoms with Gasteiger partial charge in [-0.15, -0.1) is 0 Å². The first-order valence-corrected chi connectivity index (χ1v) is 6.08. The predicted octanol–water partition coefficient (Wildman–Crippen LogP) is 3.68. The quantitative estimate of drug-likeness (QED) is 0.919. The van der Waals surface area contributed by atoms with Crippen molar-refractivity contribution < 1.29 is 4.39 Å². The molecule has 0 aliphatic rings. The molecule has 0 radical (unpaired) electrons. The Balaban J connectivity index is 2.28. The van der Waals surface area contributed by atoms with Gasteiger partial charge in [-0.2, -0.15) is 0 Å². The summed E-state index contributed by atoms with van der Waals surface area (Å²) in [6.07, 6.45) is 3.41. The van der Waals surface area contributed by atoms with Crippen LogP contribution in [-0.2, 0) is 0 Å². The molecule has 0 saturated heterocycles. The average molecular weight is 265 g/mol. The molecule has 4 heteroatoms. The predicted molar refractivity (Wildman–Crippen MR) is 71.0 cm³/mol. The molecule has 0 aliphatic carbocycles. The van der Waals surface area contributed by atoms with Crippen LogP contribution in [0.25, 0.3) is 0 Å². The first-order chi connectivity index (χ1) is 8.59. The Morgan fingerprint density at radius 1 is 1.22 bits per heavy atom. The van der Waals surface area contributed by atoms with E-state index in [9.17, 15) is 4.39 Å². The van der Waals surface area contributed by atoms with Gasteiger partial charge < -0.3 is 5.73 Å². The van der Waals surface area contributed by atoms with Crippen LogP contribution in [0, 0.1) is 5.82 Å². The lowest BCUT2D eigenvalue weighted by Crippen LogP contribution is -2.19. The van der Waals surface area contributed by atoms with Crippen molar-refractivity contribution in [3.63, 3.8) is 0 Å². The molecule has 2 aromatic rings. The number of halogens is 2. The van der Waals surface area contributed by atoms with Crippen LogP contribution in [0.15, 0.2) is 42.7 Å². The third kappa shape index (κ3) is 2.68. The van der Waals surface area contributed by atoms with Crippen molar-refractivity contribution in [3.05, 3.63) is 64.7 Å². The Morgan fingerprint density at radius 3 is 2.50 bits per heavy atom. The van der Waals surface area contributed by atoms with Crippen LogP contribution in [-0.4, -0.2) is 4.98 Å². The van der Waals surface area contributed by atoms with Crippen LogP contribution in [0.2, 0.25) is 5.02 Å². The lowest BCUT2D eigenvalue weighted by atomic mass is 9.89. The van der Waals surface area contributed by atoms with E-state index in [1.807, 2.05) is 19.1 Å². The average Bonchev–Trinajstić information content (AvgIpc) is 2.38. The van der Waals surface area contributed by atoms with Crippen molar-refractivity contribution in [2.24, 2.45) is 5.73 Å². The standard InChI is InChI=1S/C14H14ClFN2/c1-9(10-4-6-18-7-5-10)14(17)12-3-2-11(15)8-13(12)16/h2-9,14H,17H2,1H3. The van der Waals surface area contributed by atoms with Crippen molar-refractivity contribution in [1.82, 2.24) is 4.98 Å². The van der Waals surface area contributed by atoms with Crippen molar-refractivity contribution >= 4 is 11.6 Å². The number of hydrogen-bond acceptors (Lipinski definition) is 2. The lowest BCUT2D eigenvalue weighted by molar-refractivity contribution is 0.539. The SMILES string of the molecule is CC(c1ccncc1)C(N)c1ccc(Cl)cc1F. The molecule has 0 aliphatic heterocycles. The van der Waals surface area contributed by atoms with Gasteiger partial charge in [-0.1, -0.05) is 24.6 Å². The van der Waals surface area contributed by atoms with Crippen LogP contribution < -0.4 is 5.73 Å². The molecule has 1 aromatic carbocycles. The van der Waals surface area contributed by atoms with Crippen molar-refractivity contribution in [1.29, 1.82) is 0 Å². The molecule has 1 heterocycles. The molecule has 18 heavy (non-hydrogen) atoms. The van der Waals surface area contributed by atoms with Crippen molar-refractivity contribution in [2.45, 2.75) is 18.9 Å². The molecule has 0 saturated carbocycles. The van der Waals surface area contributed by atoms with E-state index in [1.54, 1.807) is 24.5 Å². The second-order valence-electron chi connectivity index (χ2n) is 4.26. The number of rotatable bonds is 3. The second kappa shape index (κ2) is 5.46. The van der Waals surface area contributed by atoms with E-state index < -0.39 is 6.04 Å². The van der Waals surface area contributed by atoms with Crippen LogP contribution in [0.1, 0.15) is 30.0 Å². The molecule has 2 N–H and O–H groups in total. The summed E-state index contributed by atoms with van der Waals surface area (Å²) in [5.41, 5.74) is 7.63. The summed E-state index contributed by atoms with van der Waals surface area (Å²) in [5, 5.41) is 0.375. The highest BCUT2D eigenvalue weighted by Gasteiger charge is 2.19. The second-order valence-corrected chi connectivity index (χ2v) is 4.70. The van der Waals surface area contributed by atoms with Gasteiger partial charge in [0.05, 0.1) is 0 Å². The van der Waals surface area contributed by atoms with Crippen LogP contribution in [0.3, 0.4) is 0 Å². The molecule has 1 aromatic heterocycles. The zero-order chi connectivity index (χ0) is 13.1. The molecule has 0 bridgehead atoms. The van der Waals surface area contributed by atoms with Crippen molar-refractivity contribution in [3.8, 4) is 0 Å². The summed E-state index contributed by atoms with van der Waals surface area (Å²) in [6, 6.07) is 7.94. The lowest BCUT2D eigenvalue weighted by Gasteiger charge is -2.21. The minimum atomic E-state index is -0.412. The zero-order valence-electron chi connectivity index (χ0n) is 9.98. The van der Waals surface area contributed by atoms with Gasteiger partial charge in [0.2, 0.25) is 0 Å². The van der Waals surface area contributed by atoms with E-state index >= 15 is 0 Å². The van der Waals surface area contributed by atoms with E-state index in [0.717, 1.165) is 5.56 Å². The van der Waals surface area contributed by atoms with Gasteiger partial charge in [0, 0.05) is 34.9 Å². The molecule has 2 rings (SSSR count). The molecule has 2 unspecified atom stereocenters. The van der Waals surface area contributed by atoms with Crippen LogP contribution >= 0.6 is 11.6 Å². The topological polar surface area (TPSA) is 38.9 Å². The van der Waals surface area contributed by atoms with Gasteiger partial charge in [0.25, 0.3) is 0 Å². The monoisotopic (exact) mass is 264 g/mol. The van der Waals surface area contributed by atoms with Crippen LogP contribution in [0.4, 0.5) is 4.39 Å².